The van der Waals surface area contributed by atoms with Gasteiger partial charge in [0.25, 0.3) is 0 Å². The van der Waals surface area contributed by atoms with Gasteiger partial charge in [-0.3, -0.25) is 4.98 Å². The molecule has 0 atom stereocenters. The first-order valence-electron chi connectivity index (χ1n) is 5.90. The number of aromatic nitrogens is 1. The van der Waals surface area contributed by atoms with Crippen molar-refractivity contribution < 1.29 is 4.74 Å². The first-order chi connectivity index (χ1) is 8.31. The quantitative estimate of drug-likeness (QED) is 0.885. The van der Waals surface area contributed by atoms with E-state index in [-0.39, 0.29) is 0 Å². The number of nitrogens with two attached hydrogens (primary N) is 1. The second kappa shape index (κ2) is 7.63. The van der Waals surface area contributed by atoms with Gasteiger partial charge in [-0.2, -0.15) is 0 Å². The zero-order valence-electron chi connectivity index (χ0n) is 10.5. The number of fused-ring (bicyclic) bond motifs is 1. The maximum atomic E-state index is 5.14. The molecule has 17 heavy (non-hydrogen) atoms. The van der Waals surface area contributed by atoms with Gasteiger partial charge in [0.05, 0.1) is 12.6 Å². The van der Waals surface area contributed by atoms with Gasteiger partial charge in [-0.05, 0) is 31.2 Å². The summed E-state index contributed by atoms with van der Waals surface area (Å²) in [7, 11) is 1.66. The summed E-state index contributed by atoms with van der Waals surface area (Å²) in [6.07, 6.45) is 4.16. The minimum Gasteiger partial charge on any atom is -0.497 e. The summed E-state index contributed by atoms with van der Waals surface area (Å²) in [5.74, 6) is 0.848. The summed E-state index contributed by atoms with van der Waals surface area (Å²) in [6.45, 7) is 2.98. The van der Waals surface area contributed by atoms with Gasteiger partial charge in [0.1, 0.15) is 5.75 Å². The van der Waals surface area contributed by atoms with Crippen LogP contribution in [0.3, 0.4) is 0 Å². The van der Waals surface area contributed by atoms with E-state index in [1.807, 2.05) is 30.3 Å². The molecule has 0 amide bonds. The minimum absolute atomic E-state index is 0.844. The molecule has 1 heterocycles. The molecule has 0 aliphatic heterocycles. The number of benzene rings is 1. The molecule has 0 saturated heterocycles. The van der Waals surface area contributed by atoms with Crippen molar-refractivity contribution in [1.29, 1.82) is 0 Å². The smallest absolute Gasteiger partial charge is 0.121 e. The van der Waals surface area contributed by atoms with E-state index in [0.29, 0.717) is 0 Å². The molecule has 0 aliphatic rings. The lowest BCUT2D eigenvalue weighted by molar-refractivity contribution is 0.415. The first-order valence-corrected chi connectivity index (χ1v) is 5.90. The normalized spacial score (nSPS) is 9.59. The number of hydrogen-bond acceptors (Lipinski definition) is 3. The molecule has 0 saturated carbocycles. The minimum atomic E-state index is 0.844. The van der Waals surface area contributed by atoms with Crippen LogP contribution in [0.4, 0.5) is 0 Å². The van der Waals surface area contributed by atoms with Crippen molar-refractivity contribution in [3.8, 4) is 5.75 Å². The molecule has 0 spiro atoms. The average Bonchev–Trinajstić information content (AvgIpc) is 2.40. The Bertz CT molecular complexity index is 441. The number of ether oxygens (including phenoxy) is 1. The molecule has 92 valence electrons. The number of pyridine rings is 1. The van der Waals surface area contributed by atoms with Gasteiger partial charge in [0, 0.05) is 17.6 Å². The standard InChI is InChI=1S/C10H9NO.C4H11N/c1-12-9-5-4-8-3-2-6-11-10(8)7-9;1-2-3-4-5/h2-7H,1H3;2-5H2,1H3. The fourth-order valence-electron chi connectivity index (χ4n) is 1.38. The lowest BCUT2D eigenvalue weighted by Gasteiger charge is -2.00. The summed E-state index contributed by atoms with van der Waals surface area (Å²) in [6, 6.07) is 9.82. The third kappa shape index (κ3) is 4.41. The van der Waals surface area contributed by atoms with E-state index in [0.717, 1.165) is 23.2 Å². The molecule has 2 rings (SSSR count). The van der Waals surface area contributed by atoms with Crippen LogP contribution in [0.2, 0.25) is 0 Å². The van der Waals surface area contributed by atoms with Crippen molar-refractivity contribution in [1.82, 2.24) is 4.98 Å². The third-order valence-corrected chi connectivity index (χ3v) is 2.37. The van der Waals surface area contributed by atoms with E-state index in [1.165, 1.54) is 12.8 Å². The fraction of sp³-hybridized carbons (Fsp3) is 0.357. The van der Waals surface area contributed by atoms with Crippen molar-refractivity contribution in [2.24, 2.45) is 5.73 Å². The highest BCUT2D eigenvalue weighted by molar-refractivity contribution is 5.79. The van der Waals surface area contributed by atoms with Crippen LogP contribution in [0.25, 0.3) is 10.9 Å². The van der Waals surface area contributed by atoms with E-state index >= 15 is 0 Å². The Kier molecular flexibility index (Phi) is 6.04. The van der Waals surface area contributed by atoms with E-state index in [4.69, 9.17) is 10.5 Å². The Morgan fingerprint density at radius 1 is 1.29 bits per heavy atom. The lowest BCUT2D eigenvalue weighted by atomic mass is 10.2. The molecule has 2 aromatic rings. The predicted molar refractivity (Wildman–Crippen MR) is 72.3 cm³/mol. The number of nitrogens with zero attached hydrogens (tertiary/aromatic N) is 1. The molecule has 3 heteroatoms. The summed E-state index contributed by atoms with van der Waals surface area (Å²) in [4.78, 5) is 4.21. The maximum Gasteiger partial charge on any atom is 0.121 e. The molecule has 0 fully saturated rings. The molecular formula is C14H20N2O. The summed E-state index contributed by atoms with van der Waals surface area (Å²) < 4.78 is 5.08. The largest absolute Gasteiger partial charge is 0.497 e. The summed E-state index contributed by atoms with van der Waals surface area (Å²) in [5.41, 5.74) is 6.11. The van der Waals surface area contributed by atoms with Gasteiger partial charge in [-0.25, -0.2) is 0 Å². The van der Waals surface area contributed by atoms with Gasteiger partial charge in [-0.1, -0.05) is 19.4 Å². The van der Waals surface area contributed by atoms with Crippen molar-refractivity contribution >= 4 is 10.9 Å². The fourth-order valence-corrected chi connectivity index (χ4v) is 1.38. The molecule has 0 radical (unpaired) electrons. The number of unbranched alkanes of at least 4 members (excludes halogenated alkanes) is 1. The molecule has 1 aromatic carbocycles. The Morgan fingerprint density at radius 3 is 2.71 bits per heavy atom. The lowest BCUT2D eigenvalue weighted by Crippen LogP contribution is -1.95. The number of rotatable bonds is 3. The first kappa shape index (κ1) is 13.5. The Labute approximate surface area is 103 Å². The van der Waals surface area contributed by atoms with E-state index in [9.17, 15) is 0 Å². The molecule has 0 aliphatic carbocycles. The molecule has 0 bridgehead atoms. The van der Waals surface area contributed by atoms with Crippen LogP contribution in [-0.2, 0) is 0 Å². The average molecular weight is 232 g/mol. The molecule has 2 N–H and O–H groups in total. The monoisotopic (exact) mass is 232 g/mol. The van der Waals surface area contributed by atoms with Crippen LogP contribution < -0.4 is 10.5 Å². The highest BCUT2D eigenvalue weighted by Crippen LogP contribution is 2.17. The molecule has 1 aromatic heterocycles. The third-order valence-electron chi connectivity index (χ3n) is 2.37. The zero-order chi connectivity index (χ0) is 12.5. The maximum absolute atomic E-state index is 5.14. The van der Waals surface area contributed by atoms with Gasteiger partial charge in [0.15, 0.2) is 0 Å². The van der Waals surface area contributed by atoms with E-state index in [2.05, 4.69) is 11.9 Å². The van der Waals surface area contributed by atoms with Crippen LogP contribution in [0.15, 0.2) is 36.5 Å². The summed E-state index contributed by atoms with van der Waals surface area (Å²) in [5, 5.41) is 1.14. The van der Waals surface area contributed by atoms with Gasteiger partial charge in [0.2, 0.25) is 0 Å². The number of methoxy groups -OCH3 is 1. The molecule has 0 unspecified atom stereocenters. The molecule has 3 nitrogen and oxygen atoms in total. The van der Waals surface area contributed by atoms with Crippen LogP contribution in [0.5, 0.6) is 5.75 Å². The topological polar surface area (TPSA) is 48.1 Å². The predicted octanol–water partition coefficient (Wildman–Crippen LogP) is 2.99. The highest BCUT2D eigenvalue weighted by atomic mass is 16.5. The summed E-state index contributed by atoms with van der Waals surface area (Å²) >= 11 is 0. The van der Waals surface area contributed by atoms with E-state index < -0.39 is 0 Å². The SMILES string of the molecule is CCCCN.COc1ccc2cccnc2c1. The van der Waals surface area contributed by atoms with Crippen LogP contribution in [0.1, 0.15) is 19.8 Å². The zero-order valence-corrected chi connectivity index (χ0v) is 10.5. The van der Waals surface area contributed by atoms with E-state index in [1.54, 1.807) is 13.3 Å². The van der Waals surface area contributed by atoms with Gasteiger partial charge >= 0.3 is 0 Å². The van der Waals surface area contributed by atoms with Crippen LogP contribution >= 0.6 is 0 Å². The van der Waals surface area contributed by atoms with Crippen molar-refractivity contribution in [3.05, 3.63) is 36.5 Å². The van der Waals surface area contributed by atoms with Crippen LogP contribution in [-0.4, -0.2) is 18.6 Å². The second-order valence-electron chi connectivity index (χ2n) is 3.70. The van der Waals surface area contributed by atoms with Crippen LogP contribution in [0, 0.1) is 0 Å². The number of hydrogen-bond donors (Lipinski definition) is 1. The Morgan fingerprint density at radius 2 is 2.12 bits per heavy atom. The Hall–Kier alpha value is -1.61. The second-order valence-corrected chi connectivity index (χ2v) is 3.70. The van der Waals surface area contributed by atoms with Gasteiger partial charge in [-0.15, -0.1) is 0 Å². The van der Waals surface area contributed by atoms with Gasteiger partial charge < -0.3 is 10.5 Å². The van der Waals surface area contributed by atoms with Crippen molar-refractivity contribution in [2.75, 3.05) is 13.7 Å². The van der Waals surface area contributed by atoms with Crippen molar-refractivity contribution in [3.63, 3.8) is 0 Å². The van der Waals surface area contributed by atoms with Crippen molar-refractivity contribution in [2.45, 2.75) is 19.8 Å². The highest BCUT2D eigenvalue weighted by Gasteiger charge is 1.94. The Balaban J connectivity index is 0.000000249. The molecular weight excluding hydrogens is 212 g/mol.